The number of halogens is 1. The summed E-state index contributed by atoms with van der Waals surface area (Å²) in [7, 11) is 1.35. The van der Waals surface area contributed by atoms with E-state index in [1.54, 1.807) is 6.20 Å². The van der Waals surface area contributed by atoms with Gasteiger partial charge in [0.25, 0.3) is 0 Å². The number of carbonyl (C=O) groups is 1. The molecule has 3 nitrogen and oxygen atoms in total. The Balaban J connectivity index is 2.93. The average molecular weight is 200 g/mol. The lowest BCUT2D eigenvalue weighted by Gasteiger charge is -2.05. The van der Waals surface area contributed by atoms with Crippen LogP contribution in [0.3, 0.4) is 0 Å². The molecule has 1 aromatic heterocycles. The van der Waals surface area contributed by atoms with Crippen LogP contribution in [0, 0.1) is 6.92 Å². The number of hydrogen-bond acceptors (Lipinski definition) is 3. The van der Waals surface area contributed by atoms with Crippen molar-refractivity contribution in [3.05, 3.63) is 28.5 Å². The van der Waals surface area contributed by atoms with Crippen LogP contribution in [0.25, 0.3) is 0 Å². The molecule has 0 atom stereocenters. The van der Waals surface area contributed by atoms with E-state index in [9.17, 15) is 4.79 Å². The molecule has 4 heteroatoms. The summed E-state index contributed by atoms with van der Waals surface area (Å²) in [6.07, 6.45) is 1.79. The SMILES string of the molecule is COC(=O)Cc1c(C)ccnc1Cl. The topological polar surface area (TPSA) is 39.2 Å². The Kier molecular flexibility index (Phi) is 3.25. The standard InChI is InChI=1S/C9H10ClNO2/c1-6-3-4-11-9(10)7(6)5-8(12)13-2/h3-4H,5H2,1-2H3. The number of hydrogen-bond donors (Lipinski definition) is 0. The van der Waals surface area contributed by atoms with E-state index in [4.69, 9.17) is 11.6 Å². The van der Waals surface area contributed by atoms with E-state index in [0.29, 0.717) is 5.15 Å². The number of esters is 1. The smallest absolute Gasteiger partial charge is 0.310 e. The van der Waals surface area contributed by atoms with Crippen molar-refractivity contribution in [3.63, 3.8) is 0 Å². The molecule has 0 fully saturated rings. The fourth-order valence-electron chi connectivity index (χ4n) is 0.985. The fraction of sp³-hybridized carbons (Fsp3) is 0.333. The van der Waals surface area contributed by atoms with Gasteiger partial charge in [0.1, 0.15) is 5.15 Å². The molecule has 0 amide bonds. The highest BCUT2D eigenvalue weighted by Crippen LogP contribution is 2.17. The van der Waals surface area contributed by atoms with Gasteiger partial charge < -0.3 is 4.74 Å². The Labute approximate surface area is 81.7 Å². The van der Waals surface area contributed by atoms with Gasteiger partial charge in [-0.15, -0.1) is 0 Å². The van der Waals surface area contributed by atoms with Crippen LogP contribution in [-0.2, 0) is 16.0 Å². The Morgan fingerprint density at radius 1 is 1.69 bits per heavy atom. The Bertz CT molecular complexity index is 305. The number of pyridine rings is 1. The van der Waals surface area contributed by atoms with E-state index in [-0.39, 0.29) is 12.4 Å². The van der Waals surface area contributed by atoms with Gasteiger partial charge in [-0.1, -0.05) is 11.6 Å². The molecule has 0 aliphatic heterocycles. The van der Waals surface area contributed by atoms with E-state index in [1.807, 2.05) is 13.0 Å². The van der Waals surface area contributed by atoms with Crippen LogP contribution in [-0.4, -0.2) is 18.1 Å². The van der Waals surface area contributed by atoms with Gasteiger partial charge in [-0.25, -0.2) is 4.98 Å². The maximum absolute atomic E-state index is 11.0. The van der Waals surface area contributed by atoms with Crippen LogP contribution in [0.2, 0.25) is 5.15 Å². The van der Waals surface area contributed by atoms with Gasteiger partial charge >= 0.3 is 5.97 Å². The van der Waals surface area contributed by atoms with E-state index in [2.05, 4.69) is 9.72 Å². The molecule has 0 aromatic carbocycles. The largest absolute Gasteiger partial charge is 0.469 e. The molecule has 0 radical (unpaired) electrons. The molecule has 0 aliphatic carbocycles. The van der Waals surface area contributed by atoms with Gasteiger partial charge in [0.05, 0.1) is 13.5 Å². The Morgan fingerprint density at radius 2 is 2.38 bits per heavy atom. The first-order valence-corrected chi connectivity index (χ1v) is 4.19. The van der Waals surface area contributed by atoms with Crippen LogP contribution in [0.4, 0.5) is 0 Å². The highest BCUT2D eigenvalue weighted by Gasteiger charge is 2.09. The van der Waals surface area contributed by atoms with Crippen molar-refractivity contribution in [2.24, 2.45) is 0 Å². The summed E-state index contributed by atoms with van der Waals surface area (Å²) in [4.78, 5) is 14.9. The summed E-state index contributed by atoms with van der Waals surface area (Å²) in [5.41, 5.74) is 1.68. The molecule has 70 valence electrons. The molecule has 1 aromatic rings. The van der Waals surface area contributed by atoms with Crippen LogP contribution < -0.4 is 0 Å². The zero-order valence-electron chi connectivity index (χ0n) is 7.50. The van der Waals surface area contributed by atoms with E-state index < -0.39 is 0 Å². The summed E-state index contributed by atoms with van der Waals surface area (Å²) in [6, 6.07) is 1.81. The second-order valence-corrected chi connectivity index (χ2v) is 3.01. The van der Waals surface area contributed by atoms with E-state index in [1.165, 1.54) is 7.11 Å². The van der Waals surface area contributed by atoms with Crippen molar-refractivity contribution in [1.29, 1.82) is 0 Å². The second-order valence-electron chi connectivity index (χ2n) is 2.65. The highest BCUT2D eigenvalue weighted by atomic mass is 35.5. The van der Waals surface area contributed by atoms with Crippen molar-refractivity contribution in [2.75, 3.05) is 7.11 Å². The van der Waals surface area contributed by atoms with Crippen LogP contribution >= 0.6 is 11.6 Å². The quantitative estimate of drug-likeness (QED) is 0.538. The summed E-state index contributed by atoms with van der Waals surface area (Å²) >= 11 is 5.81. The average Bonchev–Trinajstić information content (AvgIpc) is 2.11. The van der Waals surface area contributed by atoms with Crippen molar-refractivity contribution in [2.45, 2.75) is 13.3 Å². The van der Waals surface area contributed by atoms with Crippen LogP contribution in [0.5, 0.6) is 0 Å². The number of carbonyl (C=O) groups excluding carboxylic acids is 1. The molecule has 0 aliphatic rings. The number of nitrogens with zero attached hydrogens (tertiary/aromatic N) is 1. The first-order chi connectivity index (χ1) is 6.15. The summed E-state index contributed by atoms with van der Waals surface area (Å²) in [6.45, 7) is 1.88. The maximum atomic E-state index is 11.0. The van der Waals surface area contributed by atoms with Crippen molar-refractivity contribution < 1.29 is 9.53 Å². The molecule has 0 spiro atoms. The van der Waals surface area contributed by atoms with E-state index >= 15 is 0 Å². The first kappa shape index (κ1) is 9.99. The second kappa shape index (κ2) is 4.23. The summed E-state index contributed by atoms with van der Waals surface area (Å²) in [5.74, 6) is -0.307. The van der Waals surface area contributed by atoms with Crippen molar-refractivity contribution in [1.82, 2.24) is 4.98 Å². The first-order valence-electron chi connectivity index (χ1n) is 3.82. The summed E-state index contributed by atoms with van der Waals surface area (Å²) < 4.78 is 4.54. The monoisotopic (exact) mass is 199 g/mol. The third-order valence-corrected chi connectivity index (χ3v) is 2.11. The van der Waals surface area contributed by atoms with Gasteiger partial charge in [-0.2, -0.15) is 0 Å². The number of aromatic nitrogens is 1. The number of ether oxygens (including phenoxy) is 1. The Morgan fingerprint density at radius 3 is 2.92 bits per heavy atom. The molecule has 0 bridgehead atoms. The normalized spacial score (nSPS) is 9.77. The van der Waals surface area contributed by atoms with Gasteiger partial charge in [-0.05, 0) is 18.6 Å². The molecule has 0 saturated heterocycles. The lowest BCUT2D eigenvalue weighted by molar-refractivity contribution is -0.139. The fourth-order valence-corrected chi connectivity index (χ4v) is 1.26. The lowest BCUT2D eigenvalue weighted by atomic mass is 10.1. The third kappa shape index (κ3) is 2.42. The lowest BCUT2D eigenvalue weighted by Crippen LogP contribution is -2.06. The minimum atomic E-state index is -0.307. The molecular formula is C9H10ClNO2. The number of rotatable bonds is 2. The van der Waals surface area contributed by atoms with Crippen LogP contribution in [0.1, 0.15) is 11.1 Å². The molecule has 0 unspecified atom stereocenters. The molecule has 13 heavy (non-hydrogen) atoms. The molecular weight excluding hydrogens is 190 g/mol. The predicted octanol–water partition coefficient (Wildman–Crippen LogP) is 1.76. The molecule has 0 N–H and O–H groups in total. The minimum absolute atomic E-state index is 0.176. The van der Waals surface area contributed by atoms with Gasteiger partial charge in [0.2, 0.25) is 0 Å². The molecule has 1 rings (SSSR count). The Hall–Kier alpha value is -1.09. The zero-order valence-corrected chi connectivity index (χ0v) is 8.26. The van der Waals surface area contributed by atoms with Gasteiger partial charge in [-0.3, -0.25) is 4.79 Å². The van der Waals surface area contributed by atoms with Crippen molar-refractivity contribution in [3.8, 4) is 0 Å². The predicted molar refractivity (Wildman–Crippen MR) is 49.7 cm³/mol. The minimum Gasteiger partial charge on any atom is -0.469 e. The van der Waals surface area contributed by atoms with Crippen molar-refractivity contribution >= 4 is 17.6 Å². The summed E-state index contributed by atoms with van der Waals surface area (Å²) in [5, 5.41) is 0.366. The number of methoxy groups -OCH3 is 1. The van der Waals surface area contributed by atoms with Crippen LogP contribution in [0.15, 0.2) is 12.3 Å². The molecule has 0 saturated carbocycles. The zero-order chi connectivity index (χ0) is 9.84. The number of aryl methyl sites for hydroxylation is 1. The third-order valence-electron chi connectivity index (χ3n) is 1.79. The maximum Gasteiger partial charge on any atom is 0.310 e. The van der Waals surface area contributed by atoms with Gasteiger partial charge in [0.15, 0.2) is 0 Å². The molecule has 1 heterocycles. The van der Waals surface area contributed by atoms with E-state index in [0.717, 1.165) is 11.1 Å². The highest BCUT2D eigenvalue weighted by molar-refractivity contribution is 6.30. The van der Waals surface area contributed by atoms with Gasteiger partial charge in [0, 0.05) is 11.8 Å².